The van der Waals surface area contributed by atoms with Crippen LogP contribution in [0, 0.1) is 0 Å². The van der Waals surface area contributed by atoms with Crippen molar-refractivity contribution >= 4 is 39.9 Å². The van der Waals surface area contributed by atoms with E-state index in [1.54, 1.807) is 59.8 Å². The molecular formula is C27H32N2O6S. The van der Waals surface area contributed by atoms with Crippen molar-refractivity contribution in [3.63, 3.8) is 0 Å². The topological polar surface area (TPSA) is 103 Å². The summed E-state index contributed by atoms with van der Waals surface area (Å²) in [5.41, 5.74) is 0.791. The van der Waals surface area contributed by atoms with Crippen LogP contribution in [0.5, 0.6) is 0 Å². The molecule has 1 aromatic heterocycles. The maximum Gasteiger partial charge on any atom is 0.331 e. The summed E-state index contributed by atoms with van der Waals surface area (Å²) in [5, 5.41) is 0. The number of hydrogen-bond acceptors (Lipinski definition) is 7. The predicted octanol–water partition coefficient (Wildman–Crippen LogP) is 4.54. The third-order valence-electron chi connectivity index (χ3n) is 4.87. The first-order valence-electron chi connectivity index (χ1n) is 11.6. The summed E-state index contributed by atoms with van der Waals surface area (Å²) in [7, 11) is -3.87. The number of hydrogen-bond donors (Lipinski definition) is 0. The van der Waals surface area contributed by atoms with Crippen LogP contribution in [0.4, 0.5) is 5.82 Å². The Hall–Kier alpha value is -3.46. The molecule has 8 nitrogen and oxygen atoms in total. The second kappa shape index (κ2) is 10.3. The van der Waals surface area contributed by atoms with Crippen LogP contribution in [0.1, 0.15) is 58.2 Å². The minimum atomic E-state index is -3.87. The monoisotopic (exact) mass is 512 g/mol. The maximum absolute atomic E-state index is 13.4. The van der Waals surface area contributed by atoms with Crippen molar-refractivity contribution in [2.24, 2.45) is 0 Å². The van der Waals surface area contributed by atoms with E-state index in [0.717, 1.165) is 5.56 Å². The number of pyridine rings is 1. The van der Waals surface area contributed by atoms with E-state index in [1.807, 2.05) is 6.07 Å². The Balaban J connectivity index is 1.78. The van der Waals surface area contributed by atoms with Crippen molar-refractivity contribution < 1.29 is 27.5 Å². The molecule has 1 aliphatic rings. The standard InChI is InChI=1S/C27H32N2O6S/c1-26(2,3)34-23(30)12-10-19-8-7-9-22(17-19)36(32,33)29-15-14-21-16-20(18-28-25(21)29)11-13-24(31)35-27(4,5)6/h7-13,16-18H,14-15H2,1-6H3/b12-10+,13-11+. The zero-order valence-corrected chi connectivity index (χ0v) is 22.3. The minimum Gasteiger partial charge on any atom is -0.457 e. The summed E-state index contributed by atoms with van der Waals surface area (Å²) in [4.78, 5) is 28.4. The molecule has 1 aliphatic heterocycles. The van der Waals surface area contributed by atoms with Gasteiger partial charge in [0.05, 0.1) is 4.90 Å². The second-order valence-corrected chi connectivity index (χ2v) is 12.2. The smallest absolute Gasteiger partial charge is 0.331 e. The van der Waals surface area contributed by atoms with Gasteiger partial charge in [-0.2, -0.15) is 0 Å². The molecule has 0 radical (unpaired) electrons. The number of carbonyl (C=O) groups excluding carboxylic acids is 2. The van der Waals surface area contributed by atoms with Crippen LogP contribution in [0.3, 0.4) is 0 Å². The van der Waals surface area contributed by atoms with Crippen LogP contribution in [-0.4, -0.2) is 43.1 Å². The van der Waals surface area contributed by atoms with E-state index in [2.05, 4.69) is 4.98 Å². The first-order chi connectivity index (χ1) is 16.6. The summed E-state index contributed by atoms with van der Waals surface area (Å²) < 4.78 is 38.6. The lowest BCUT2D eigenvalue weighted by Gasteiger charge is -2.19. The molecule has 0 bridgehead atoms. The van der Waals surface area contributed by atoms with Gasteiger partial charge in [-0.25, -0.2) is 27.3 Å². The number of nitrogens with zero attached hydrogens (tertiary/aromatic N) is 2. The first kappa shape index (κ1) is 27.1. The molecule has 0 fully saturated rings. The van der Waals surface area contributed by atoms with Crippen LogP contribution in [-0.2, 0) is 35.5 Å². The Bertz CT molecular complexity index is 1310. The van der Waals surface area contributed by atoms with Crippen LogP contribution in [0.2, 0.25) is 0 Å². The van der Waals surface area contributed by atoms with Crippen LogP contribution >= 0.6 is 0 Å². The van der Waals surface area contributed by atoms with Gasteiger partial charge in [0.25, 0.3) is 10.0 Å². The molecule has 0 unspecified atom stereocenters. The van der Waals surface area contributed by atoms with Gasteiger partial charge in [-0.05, 0) is 95.0 Å². The predicted molar refractivity (Wildman–Crippen MR) is 139 cm³/mol. The molecule has 0 aliphatic carbocycles. The number of sulfonamides is 1. The van der Waals surface area contributed by atoms with Gasteiger partial charge in [-0.15, -0.1) is 0 Å². The van der Waals surface area contributed by atoms with Crippen molar-refractivity contribution in [1.29, 1.82) is 0 Å². The molecule has 0 saturated heterocycles. The maximum atomic E-state index is 13.4. The number of carbonyl (C=O) groups is 2. The fraction of sp³-hybridized carbons (Fsp3) is 0.370. The first-order valence-corrected chi connectivity index (χ1v) is 13.0. The van der Waals surface area contributed by atoms with Crippen LogP contribution < -0.4 is 4.31 Å². The summed E-state index contributed by atoms with van der Waals surface area (Å²) in [6.07, 6.45) is 7.73. The Morgan fingerprint density at radius 1 is 0.917 bits per heavy atom. The number of anilines is 1. The quantitative estimate of drug-likeness (QED) is 0.413. The number of ether oxygens (including phenoxy) is 2. The highest BCUT2D eigenvalue weighted by atomic mass is 32.2. The average molecular weight is 513 g/mol. The lowest BCUT2D eigenvalue weighted by atomic mass is 10.1. The molecule has 3 rings (SSSR count). The zero-order chi connectivity index (χ0) is 26.7. The van der Waals surface area contributed by atoms with E-state index in [-0.39, 0.29) is 11.4 Å². The third-order valence-corrected chi connectivity index (χ3v) is 6.65. The zero-order valence-electron chi connectivity index (χ0n) is 21.4. The van der Waals surface area contributed by atoms with Gasteiger partial charge in [-0.1, -0.05) is 12.1 Å². The fourth-order valence-corrected chi connectivity index (χ4v) is 5.00. The normalized spacial score (nSPS) is 14.3. The lowest BCUT2D eigenvalue weighted by Crippen LogP contribution is -2.29. The van der Waals surface area contributed by atoms with Gasteiger partial charge in [0.15, 0.2) is 0 Å². The number of fused-ring (bicyclic) bond motifs is 1. The molecule has 36 heavy (non-hydrogen) atoms. The molecule has 0 atom stereocenters. The SMILES string of the molecule is CC(C)(C)OC(=O)/C=C/c1cccc(S(=O)(=O)N2CCc3cc(/C=C/C(=O)OC(C)(C)C)cnc32)c1. The second-order valence-electron chi connectivity index (χ2n) is 10.4. The molecule has 0 N–H and O–H groups in total. The van der Waals surface area contributed by atoms with E-state index in [4.69, 9.17) is 9.47 Å². The summed E-state index contributed by atoms with van der Waals surface area (Å²) in [5.74, 6) is -0.614. The molecule has 9 heteroatoms. The van der Waals surface area contributed by atoms with Gasteiger partial charge >= 0.3 is 11.9 Å². The molecule has 0 spiro atoms. The third kappa shape index (κ3) is 7.27. The number of aromatic nitrogens is 1. The molecule has 0 amide bonds. The minimum absolute atomic E-state index is 0.0948. The summed E-state index contributed by atoms with van der Waals surface area (Å²) in [6.45, 7) is 10.9. The van der Waals surface area contributed by atoms with Crippen molar-refractivity contribution in [3.05, 3.63) is 65.4 Å². The average Bonchev–Trinajstić information content (AvgIpc) is 3.18. The van der Waals surface area contributed by atoms with E-state index in [9.17, 15) is 18.0 Å². The summed E-state index contributed by atoms with van der Waals surface area (Å²) in [6, 6.07) is 8.16. The van der Waals surface area contributed by atoms with Gasteiger partial charge in [0, 0.05) is 24.9 Å². The van der Waals surface area contributed by atoms with Gasteiger partial charge in [0.2, 0.25) is 0 Å². The molecule has 192 valence electrons. The van der Waals surface area contributed by atoms with E-state index in [1.165, 1.54) is 40.9 Å². The largest absolute Gasteiger partial charge is 0.457 e. The highest BCUT2D eigenvalue weighted by Gasteiger charge is 2.32. The molecular weight excluding hydrogens is 480 g/mol. The number of rotatable bonds is 6. The van der Waals surface area contributed by atoms with E-state index >= 15 is 0 Å². The van der Waals surface area contributed by atoms with Crippen molar-refractivity contribution in [2.45, 2.75) is 64.1 Å². The van der Waals surface area contributed by atoms with E-state index < -0.39 is 33.2 Å². The Kier molecular flexibility index (Phi) is 7.73. The highest BCUT2D eigenvalue weighted by molar-refractivity contribution is 7.92. The molecule has 2 aromatic rings. The molecule has 0 saturated carbocycles. The van der Waals surface area contributed by atoms with Gasteiger partial charge in [-0.3, -0.25) is 0 Å². The fourth-order valence-electron chi connectivity index (χ4n) is 3.49. The summed E-state index contributed by atoms with van der Waals surface area (Å²) >= 11 is 0. The van der Waals surface area contributed by atoms with Gasteiger partial charge < -0.3 is 9.47 Å². The van der Waals surface area contributed by atoms with Gasteiger partial charge in [0.1, 0.15) is 17.0 Å². The van der Waals surface area contributed by atoms with Crippen molar-refractivity contribution in [3.8, 4) is 0 Å². The Morgan fingerprint density at radius 3 is 2.08 bits per heavy atom. The van der Waals surface area contributed by atoms with Crippen LogP contribution in [0.25, 0.3) is 12.2 Å². The van der Waals surface area contributed by atoms with E-state index in [0.29, 0.717) is 23.4 Å². The van der Waals surface area contributed by atoms with Crippen LogP contribution in [0.15, 0.2) is 53.6 Å². The molecule has 1 aromatic carbocycles. The van der Waals surface area contributed by atoms with Crippen molar-refractivity contribution in [1.82, 2.24) is 4.98 Å². The number of benzene rings is 1. The Morgan fingerprint density at radius 2 is 1.50 bits per heavy atom. The Labute approximate surface area is 212 Å². The molecule has 2 heterocycles. The number of esters is 2. The highest BCUT2D eigenvalue weighted by Crippen LogP contribution is 2.32. The lowest BCUT2D eigenvalue weighted by molar-refractivity contribution is -0.149. The van der Waals surface area contributed by atoms with Crippen molar-refractivity contribution in [2.75, 3.05) is 10.8 Å².